The van der Waals surface area contributed by atoms with Gasteiger partial charge in [-0.1, -0.05) is 24.3 Å². The topological polar surface area (TPSA) is 75.7 Å². The summed E-state index contributed by atoms with van der Waals surface area (Å²) in [6.45, 7) is 0.701. The van der Waals surface area contributed by atoms with Crippen LogP contribution >= 0.6 is 0 Å². The Balaban J connectivity index is 1.37. The maximum atomic E-state index is 13.2. The lowest BCUT2D eigenvalue weighted by Gasteiger charge is -2.23. The average Bonchev–Trinajstić information content (AvgIpc) is 3.34. The van der Waals surface area contributed by atoms with Crippen LogP contribution in [0.15, 0.2) is 77.7 Å². The van der Waals surface area contributed by atoms with E-state index in [0.717, 1.165) is 23.3 Å². The zero-order chi connectivity index (χ0) is 24.1. The minimum Gasteiger partial charge on any atom is -0.489 e. The highest BCUT2D eigenvalue weighted by Crippen LogP contribution is 2.26. The van der Waals surface area contributed by atoms with Crippen molar-refractivity contribution in [3.8, 4) is 5.75 Å². The largest absolute Gasteiger partial charge is 0.489 e. The lowest BCUT2D eigenvalue weighted by Crippen LogP contribution is -2.45. The molecule has 4 rings (SSSR count). The molecule has 1 N–H and O–H groups in total. The summed E-state index contributed by atoms with van der Waals surface area (Å²) in [5, 5.41) is 2.81. The van der Waals surface area contributed by atoms with E-state index >= 15 is 0 Å². The molecular weight excluding hydrogens is 462 g/mol. The Kier molecular flexibility index (Phi) is 7.23. The second-order valence-corrected chi connectivity index (χ2v) is 9.90. The predicted octanol–water partition coefficient (Wildman–Crippen LogP) is 4.01. The summed E-state index contributed by atoms with van der Waals surface area (Å²) in [5.74, 6) is -0.635. The summed E-state index contributed by atoms with van der Waals surface area (Å²) < 4.78 is 59.1. The van der Waals surface area contributed by atoms with Gasteiger partial charge in [0.2, 0.25) is 15.9 Å². The standard InChI is InChI=1S/C25H24F2N2O4S/c26-20-8-6-18(7-9-20)17-33-22-4-1-3-19(15-22)16-28-25(30)24-5-2-14-29(24)34(31,32)23-12-10-21(27)11-13-23/h1,3-4,6-13,15,24H,2,5,14,16-17H2,(H,28,30)/t24-/m0/s1. The quantitative estimate of drug-likeness (QED) is 0.522. The molecular formula is C25H24F2N2O4S. The number of halogens is 2. The van der Waals surface area contributed by atoms with Crippen molar-refractivity contribution in [2.45, 2.75) is 36.9 Å². The molecule has 1 heterocycles. The number of hydrogen-bond donors (Lipinski definition) is 1. The van der Waals surface area contributed by atoms with Crippen LogP contribution in [0.4, 0.5) is 8.78 Å². The van der Waals surface area contributed by atoms with E-state index in [1.165, 1.54) is 28.6 Å². The first-order valence-electron chi connectivity index (χ1n) is 10.8. The van der Waals surface area contributed by atoms with Crippen LogP contribution in [0.3, 0.4) is 0 Å². The van der Waals surface area contributed by atoms with Crippen LogP contribution in [-0.2, 0) is 28.0 Å². The fourth-order valence-electron chi connectivity index (χ4n) is 3.83. The summed E-state index contributed by atoms with van der Waals surface area (Å²) in [6, 6.07) is 17.0. The SMILES string of the molecule is O=C(NCc1cccc(OCc2ccc(F)cc2)c1)[C@@H]1CCCN1S(=O)(=O)c1ccc(F)cc1. The number of rotatable bonds is 8. The van der Waals surface area contributed by atoms with Gasteiger partial charge in [0, 0.05) is 13.1 Å². The Morgan fingerprint density at radius 1 is 0.971 bits per heavy atom. The molecule has 3 aromatic rings. The fourth-order valence-corrected chi connectivity index (χ4v) is 5.49. The number of amides is 1. The van der Waals surface area contributed by atoms with E-state index in [1.807, 2.05) is 6.07 Å². The van der Waals surface area contributed by atoms with Gasteiger partial charge >= 0.3 is 0 Å². The summed E-state index contributed by atoms with van der Waals surface area (Å²) in [6.07, 6.45) is 0.971. The normalized spacial score (nSPS) is 16.4. The Bertz CT molecular complexity index is 1250. The first-order chi connectivity index (χ1) is 16.3. The van der Waals surface area contributed by atoms with E-state index in [0.29, 0.717) is 18.6 Å². The second kappa shape index (κ2) is 10.3. The van der Waals surface area contributed by atoms with Crippen molar-refractivity contribution < 1.29 is 26.7 Å². The Labute approximate surface area is 197 Å². The van der Waals surface area contributed by atoms with E-state index in [9.17, 15) is 22.0 Å². The highest BCUT2D eigenvalue weighted by Gasteiger charge is 2.39. The van der Waals surface area contributed by atoms with Gasteiger partial charge < -0.3 is 10.1 Å². The van der Waals surface area contributed by atoms with Crippen LogP contribution in [0.25, 0.3) is 0 Å². The van der Waals surface area contributed by atoms with Gasteiger partial charge in [-0.05, 0) is 72.5 Å². The molecule has 178 valence electrons. The summed E-state index contributed by atoms with van der Waals surface area (Å²) in [4.78, 5) is 12.8. The van der Waals surface area contributed by atoms with Crippen LogP contribution in [0, 0.1) is 11.6 Å². The lowest BCUT2D eigenvalue weighted by molar-refractivity contribution is -0.124. The van der Waals surface area contributed by atoms with E-state index < -0.39 is 21.9 Å². The summed E-state index contributed by atoms with van der Waals surface area (Å²) in [5.41, 5.74) is 1.61. The van der Waals surface area contributed by atoms with Crippen LogP contribution in [0.1, 0.15) is 24.0 Å². The van der Waals surface area contributed by atoms with Crippen molar-refractivity contribution in [3.05, 3.63) is 95.6 Å². The Hall–Kier alpha value is -3.30. The van der Waals surface area contributed by atoms with E-state index in [-0.39, 0.29) is 36.3 Å². The zero-order valence-electron chi connectivity index (χ0n) is 18.3. The van der Waals surface area contributed by atoms with Crippen LogP contribution < -0.4 is 10.1 Å². The molecule has 9 heteroatoms. The number of sulfonamides is 1. The van der Waals surface area contributed by atoms with E-state index in [4.69, 9.17) is 4.74 Å². The number of hydrogen-bond acceptors (Lipinski definition) is 4. The van der Waals surface area contributed by atoms with Gasteiger partial charge in [-0.25, -0.2) is 17.2 Å². The molecule has 0 spiro atoms. The fraction of sp³-hybridized carbons (Fsp3) is 0.240. The van der Waals surface area contributed by atoms with Gasteiger partial charge in [0.1, 0.15) is 30.0 Å². The monoisotopic (exact) mass is 486 g/mol. The molecule has 0 radical (unpaired) electrons. The highest BCUT2D eigenvalue weighted by atomic mass is 32.2. The molecule has 1 aliphatic heterocycles. The van der Waals surface area contributed by atoms with E-state index in [1.54, 1.807) is 30.3 Å². The van der Waals surface area contributed by atoms with Crippen molar-refractivity contribution in [1.82, 2.24) is 9.62 Å². The first kappa shape index (κ1) is 23.8. The van der Waals surface area contributed by atoms with Gasteiger partial charge in [0.05, 0.1) is 4.90 Å². The molecule has 1 amide bonds. The molecule has 34 heavy (non-hydrogen) atoms. The lowest BCUT2D eigenvalue weighted by atomic mass is 10.2. The molecule has 1 atom stereocenters. The first-order valence-corrected chi connectivity index (χ1v) is 12.3. The van der Waals surface area contributed by atoms with Crippen LogP contribution in [0.2, 0.25) is 0 Å². The summed E-state index contributed by atoms with van der Waals surface area (Å²) >= 11 is 0. The number of carbonyl (C=O) groups is 1. The number of ether oxygens (including phenoxy) is 1. The third-order valence-corrected chi connectivity index (χ3v) is 7.53. The predicted molar refractivity (Wildman–Crippen MR) is 122 cm³/mol. The number of nitrogens with one attached hydrogen (secondary N) is 1. The molecule has 6 nitrogen and oxygen atoms in total. The average molecular weight is 487 g/mol. The molecule has 1 saturated heterocycles. The molecule has 3 aromatic carbocycles. The van der Waals surface area contributed by atoms with Gasteiger partial charge in [-0.3, -0.25) is 4.79 Å². The van der Waals surface area contributed by atoms with Crippen molar-refractivity contribution in [2.75, 3.05) is 6.54 Å². The van der Waals surface area contributed by atoms with Crippen molar-refractivity contribution in [1.29, 1.82) is 0 Å². The van der Waals surface area contributed by atoms with E-state index in [2.05, 4.69) is 5.32 Å². The van der Waals surface area contributed by atoms with Crippen molar-refractivity contribution in [3.63, 3.8) is 0 Å². The maximum Gasteiger partial charge on any atom is 0.243 e. The molecule has 0 unspecified atom stereocenters. The molecule has 0 aromatic heterocycles. The maximum absolute atomic E-state index is 13.2. The van der Waals surface area contributed by atoms with Gasteiger partial charge in [-0.15, -0.1) is 0 Å². The zero-order valence-corrected chi connectivity index (χ0v) is 19.1. The smallest absolute Gasteiger partial charge is 0.243 e. The van der Waals surface area contributed by atoms with Crippen molar-refractivity contribution in [2.24, 2.45) is 0 Å². The minimum atomic E-state index is -3.91. The molecule has 1 fully saturated rings. The van der Waals surface area contributed by atoms with Gasteiger partial charge in [-0.2, -0.15) is 4.31 Å². The number of nitrogens with zero attached hydrogens (tertiary/aromatic N) is 1. The minimum absolute atomic E-state index is 0.0420. The van der Waals surface area contributed by atoms with Gasteiger partial charge in [0.25, 0.3) is 0 Å². The molecule has 0 bridgehead atoms. The molecule has 1 aliphatic rings. The molecule has 0 aliphatic carbocycles. The summed E-state index contributed by atoms with van der Waals surface area (Å²) in [7, 11) is -3.91. The van der Waals surface area contributed by atoms with Crippen LogP contribution in [-0.4, -0.2) is 31.2 Å². The highest BCUT2D eigenvalue weighted by molar-refractivity contribution is 7.89. The molecule has 0 saturated carbocycles. The van der Waals surface area contributed by atoms with Gasteiger partial charge in [0.15, 0.2) is 0 Å². The number of benzene rings is 3. The van der Waals surface area contributed by atoms with Crippen molar-refractivity contribution >= 4 is 15.9 Å². The Morgan fingerprint density at radius 3 is 2.35 bits per heavy atom. The Morgan fingerprint density at radius 2 is 1.65 bits per heavy atom. The third kappa shape index (κ3) is 5.60. The third-order valence-electron chi connectivity index (χ3n) is 5.61. The second-order valence-electron chi connectivity index (χ2n) is 8.01. The van der Waals surface area contributed by atoms with Crippen LogP contribution in [0.5, 0.6) is 5.75 Å². The number of carbonyl (C=O) groups excluding carboxylic acids is 1.